The minimum absolute atomic E-state index is 0. The zero-order valence-electron chi connectivity index (χ0n) is 13.8. The Morgan fingerprint density at radius 3 is 2.25 bits per heavy atom. The van der Waals surface area contributed by atoms with Crippen LogP contribution in [0.2, 0.25) is 0 Å². The summed E-state index contributed by atoms with van der Waals surface area (Å²) in [7, 11) is -0.00240. The average molecular weight is 381 g/mol. The van der Waals surface area contributed by atoms with Gasteiger partial charge in [-0.2, -0.15) is 0 Å². The van der Waals surface area contributed by atoms with Gasteiger partial charge in [0.15, 0.2) is 0 Å². The number of nitrogens with one attached hydrogen (secondary N) is 2. The maximum absolute atomic E-state index is 12.5. The van der Waals surface area contributed by atoms with E-state index in [0.29, 0.717) is 0 Å². The molecule has 0 spiro atoms. The molecule has 1 atom stereocenters. The summed E-state index contributed by atoms with van der Waals surface area (Å²) < 4.78 is 36.4. The third-order valence-corrected chi connectivity index (χ3v) is 4.63. The van der Waals surface area contributed by atoms with Crippen LogP contribution in [0.4, 0.5) is 0 Å². The van der Waals surface area contributed by atoms with Crippen molar-refractivity contribution in [3.63, 3.8) is 0 Å². The van der Waals surface area contributed by atoms with Gasteiger partial charge < -0.3 is 14.8 Å². The van der Waals surface area contributed by atoms with Crippen LogP contribution in [0, 0.1) is 0 Å². The van der Waals surface area contributed by atoms with E-state index in [4.69, 9.17) is 0 Å². The molecule has 0 aliphatic carbocycles. The number of ether oxygens (including phenoxy) is 2. The molecule has 24 heavy (non-hydrogen) atoms. The molecular formula is C14H21ClN2O6S. The van der Waals surface area contributed by atoms with E-state index < -0.39 is 22.0 Å². The van der Waals surface area contributed by atoms with Crippen LogP contribution in [0.1, 0.15) is 27.6 Å². The zero-order chi connectivity index (χ0) is 17.6. The molecule has 0 saturated heterocycles. The van der Waals surface area contributed by atoms with E-state index in [1.807, 2.05) is 0 Å². The molecule has 0 heterocycles. The van der Waals surface area contributed by atoms with Crippen molar-refractivity contribution in [2.75, 3.05) is 27.8 Å². The molecule has 136 valence electrons. The normalized spacial score (nSPS) is 12.0. The predicted molar refractivity (Wildman–Crippen MR) is 90.1 cm³/mol. The molecule has 10 heteroatoms. The lowest BCUT2D eigenvalue weighted by Gasteiger charge is -2.14. The second-order valence-electron chi connectivity index (χ2n) is 4.74. The number of carbonyl (C=O) groups is 2. The maximum Gasteiger partial charge on any atom is 0.339 e. The number of methoxy groups -OCH3 is 2. The van der Waals surface area contributed by atoms with Crippen LogP contribution in [0.25, 0.3) is 0 Å². The molecular weight excluding hydrogens is 360 g/mol. The van der Waals surface area contributed by atoms with Crippen molar-refractivity contribution < 1.29 is 27.5 Å². The quantitative estimate of drug-likeness (QED) is 0.665. The van der Waals surface area contributed by atoms with Gasteiger partial charge in [-0.05, 0) is 32.2 Å². The Morgan fingerprint density at radius 1 is 1.17 bits per heavy atom. The number of likely N-dealkylation sites (N-methyl/N-ethyl adjacent to an activating group) is 1. The molecule has 2 N–H and O–H groups in total. The monoisotopic (exact) mass is 380 g/mol. The number of benzene rings is 1. The third kappa shape index (κ3) is 5.45. The smallest absolute Gasteiger partial charge is 0.339 e. The van der Waals surface area contributed by atoms with E-state index in [1.54, 1.807) is 14.0 Å². The van der Waals surface area contributed by atoms with Crippen LogP contribution in [0.5, 0.6) is 0 Å². The van der Waals surface area contributed by atoms with Gasteiger partial charge in [0.1, 0.15) is 0 Å². The molecule has 0 bridgehead atoms. The molecule has 0 aliphatic heterocycles. The van der Waals surface area contributed by atoms with Crippen LogP contribution in [0.3, 0.4) is 0 Å². The summed E-state index contributed by atoms with van der Waals surface area (Å²) in [5, 5.41) is 2.88. The van der Waals surface area contributed by atoms with Crippen LogP contribution < -0.4 is 10.0 Å². The summed E-state index contributed by atoms with van der Waals surface area (Å²) in [5.41, 5.74) is -0.146. The second-order valence-corrected chi connectivity index (χ2v) is 6.47. The Balaban J connectivity index is 0.00000529. The summed E-state index contributed by atoms with van der Waals surface area (Å²) >= 11 is 0. The molecule has 1 rings (SSSR count). The molecule has 0 radical (unpaired) electrons. The van der Waals surface area contributed by atoms with Gasteiger partial charge in [0.05, 0.1) is 30.2 Å². The largest absolute Gasteiger partial charge is 0.465 e. The highest BCUT2D eigenvalue weighted by molar-refractivity contribution is 7.89. The number of rotatable bonds is 7. The first-order chi connectivity index (χ1) is 10.8. The van der Waals surface area contributed by atoms with E-state index >= 15 is 0 Å². The molecule has 0 aliphatic rings. The molecule has 0 fully saturated rings. The van der Waals surface area contributed by atoms with E-state index in [2.05, 4.69) is 19.5 Å². The van der Waals surface area contributed by atoms with Crippen LogP contribution in [-0.2, 0) is 19.5 Å². The predicted octanol–water partition coefficient (Wildman–Crippen LogP) is 0.568. The number of hydrogen-bond donors (Lipinski definition) is 2. The van der Waals surface area contributed by atoms with Crippen molar-refractivity contribution in [3.8, 4) is 0 Å². The average Bonchev–Trinajstić information content (AvgIpc) is 2.57. The number of hydrogen-bond acceptors (Lipinski definition) is 7. The second kappa shape index (κ2) is 9.58. The van der Waals surface area contributed by atoms with Crippen LogP contribution in [0.15, 0.2) is 23.1 Å². The van der Waals surface area contributed by atoms with Crippen molar-refractivity contribution in [3.05, 3.63) is 29.3 Å². The molecule has 0 amide bonds. The van der Waals surface area contributed by atoms with Gasteiger partial charge >= 0.3 is 11.9 Å². The third-order valence-electron chi connectivity index (χ3n) is 3.17. The fourth-order valence-corrected chi connectivity index (χ4v) is 3.03. The topological polar surface area (TPSA) is 111 Å². The number of carbonyl (C=O) groups excluding carboxylic acids is 2. The van der Waals surface area contributed by atoms with Crippen LogP contribution >= 0.6 is 12.4 Å². The fourth-order valence-electron chi connectivity index (χ4n) is 1.68. The van der Waals surface area contributed by atoms with Crippen molar-refractivity contribution in [2.24, 2.45) is 0 Å². The highest BCUT2D eigenvalue weighted by atomic mass is 35.5. The Hall–Kier alpha value is -1.68. The van der Waals surface area contributed by atoms with Crippen molar-refractivity contribution in [1.82, 2.24) is 10.0 Å². The Labute approximate surface area is 147 Å². The van der Waals surface area contributed by atoms with Gasteiger partial charge in [-0.25, -0.2) is 22.7 Å². The summed E-state index contributed by atoms with van der Waals surface area (Å²) in [6.07, 6.45) is 0. The number of esters is 2. The van der Waals surface area contributed by atoms with Gasteiger partial charge in [0.2, 0.25) is 10.0 Å². The Kier molecular flexibility index (Phi) is 8.91. The Morgan fingerprint density at radius 2 is 1.75 bits per heavy atom. The fraction of sp³-hybridized carbons (Fsp3) is 0.429. The first kappa shape index (κ1) is 22.3. The minimum atomic E-state index is -4.01. The summed E-state index contributed by atoms with van der Waals surface area (Å²) in [6, 6.07) is 3.49. The van der Waals surface area contributed by atoms with Crippen molar-refractivity contribution in [2.45, 2.75) is 17.9 Å². The van der Waals surface area contributed by atoms with Crippen molar-refractivity contribution >= 4 is 34.4 Å². The van der Waals surface area contributed by atoms with E-state index in [-0.39, 0.29) is 41.0 Å². The molecule has 1 aromatic rings. The molecule has 0 aromatic heterocycles. The Bertz CT molecular complexity index is 693. The molecule has 1 aromatic carbocycles. The minimum Gasteiger partial charge on any atom is -0.465 e. The van der Waals surface area contributed by atoms with Crippen LogP contribution in [-0.4, -0.2) is 54.2 Å². The SMILES string of the molecule is CNC(C)CNS(=O)(=O)c1cc(C(=O)OC)ccc1C(=O)OC.Cl. The maximum atomic E-state index is 12.5. The molecule has 8 nitrogen and oxygen atoms in total. The summed E-state index contributed by atoms with van der Waals surface area (Å²) in [6.45, 7) is 1.90. The highest BCUT2D eigenvalue weighted by Crippen LogP contribution is 2.19. The number of sulfonamides is 1. The standard InChI is InChI=1S/C14H20N2O6S.ClH/c1-9(15-2)8-16-23(19,20)12-7-10(13(17)21-3)5-6-11(12)14(18)22-4;/h5-7,9,15-16H,8H2,1-4H3;1H. The summed E-state index contributed by atoms with van der Waals surface area (Å²) in [4.78, 5) is 23.0. The first-order valence-corrected chi connectivity index (χ1v) is 8.22. The lowest BCUT2D eigenvalue weighted by molar-refractivity contribution is 0.0583. The lowest BCUT2D eigenvalue weighted by atomic mass is 10.1. The van der Waals surface area contributed by atoms with Gasteiger partial charge in [-0.15, -0.1) is 12.4 Å². The van der Waals surface area contributed by atoms with E-state index in [0.717, 1.165) is 13.2 Å². The summed E-state index contributed by atoms with van der Waals surface area (Å²) in [5.74, 6) is -1.52. The zero-order valence-corrected chi connectivity index (χ0v) is 15.4. The van der Waals surface area contributed by atoms with E-state index in [1.165, 1.54) is 19.2 Å². The highest BCUT2D eigenvalue weighted by Gasteiger charge is 2.25. The number of halogens is 1. The van der Waals surface area contributed by atoms with E-state index in [9.17, 15) is 18.0 Å². The van der Waals surface area contributed by atoms with Gasteiger partial charge in [0, 0.05) is 12.6 Å². The molecule has 1 unspecified atom stereocenters. The van der Waals surface area contributed by atoms with Crippen molar-refractivity contribution in [1.29, 1.82) is 0 Å². The lowest BCUT2D eigenvalue weighted by Crippen LogP contribution is -2.37. The van der Waals surface area contributed by atoms with Gasteiger partial charge in [-0.3, -0.25) is 0 Å². The van der Waals surface area contributed by atoms with Gasteiger partial charge in [-0.1, -0.05) is 0 Å². The first-order valence-electron chi connectivity index (χ1n) is 6.74. The molecule has 0 saturated carbocycles. The van der Waals surface area contributed by atoms with Gasteiger partial charge in [0.25, 0.3) is 0 Å².